The molecule has 0 saturated heterocycles. The summed E-state index contributed by atoms with van der Waals surface area (Å²) in [4.78, 5) is 0.142. The maximum atomic E-state index is 13.1. The van der Waals surface area contributed by atoms with E-state index >= 15 is 0 Å². The van der Waals surface area contributed by atoms with E-state index in [2.05, 4.69) is 0 Å². The third-order valence-corrected chi connectivity index (χ3v) is 7.00. The highest BCUT2D eigenvalue weighted by molar-refractivity contribution is 7.91. The fourth-order valence-corrected chi connectivity index (χ4v) is 4.97. The maximum Gasteiger partial charge on any atom is 0.325 e. The first kappa shape index (κ1) is 21.7. The zero-order valence-electron chi connectivity index (χ0n) is 16.7. The Hall–Kier alpha value is -3.49. The molecular weight excluding hydrogens is 450 g/mol. The minimum absolute atomic E-state index is 0.0455. The van der Waals surface area contributed by atoms with E-state index in [9.17, 15) is 12.6 Å². The molecule has 3 aromatic carbocycles. The number of benzene rings is 3. The summed E-state index contributed by atoms with van der Waals surface area (Å²) in [5.74, 6) is 0. The lowest BCUT2D eigenvalue weighted by atomic mass is 10.2. The summed E-state index contributed by atoms with van der Waals surface area (Å²) in [6, 6.07) is 21.5. The first-order valence-electron chi connectivity index (χ1n) is 9.29. The monoisotopic (exact) mass is 467 g/mol. The van der Waals surface area contributed by atoms with Gasteiger partial charge >= 0.3 is 11.4 Å². The molecule has 32 heavy (non-hydrogen) atoms. The first-order valence-corrected chi connectivity index (χ1v) is 11.8. The molecule has 0 aliphatic heterocycles. The van der Waals surface area contributed by atoms with E-state index in [4.69, 9.17) is 14.1 Å². The van der Waals surface area contributed by atoms with E-state index in [1.54, 1.807) is 36.4 Å². The molecule has 0 saturated carbocycles. The SMILES string of the molecule is CN(OS(=O)O)c1ccc2ccn(-c3cccc(S(=O)(=O)c4cccc(C#N)c4)c3)c2c1. The lowest BCUT2D eigenvalue weighted by molar-refractivity contribution is 0.295. The van der Waals surface area contributed by atoms with Crippen molar-refractivity contribution >= 4 is 37.8 Å². The van der Waals surface area contributed by atoms with Gasteiger partial charge in [-0.2, -0.15) is 9.47 Å². The van der Waals surface area contributed by atoms with Crippen molar-refractivity contribution in [2.45, 2.75) is 9.79 Å². The normalized spacial score (nSPS) is 12.4. The van der Waals surface area contributed by atoms with Gasteiger partial charge in [0.1, 0.15) is 0 Å². The minimum atomic E-state index is -3.83. The molecular formula is C22H17N3O5S2. The zero-order valence-corrected chi connectivity index (χ0v) is 18.4. The number of aromatic nitrogens is 1. The predicted molar refractivity (Wildman–Crippen MR) is 120 cm³/mol. The van der Waals surface area contributed by atoms with Crippen LogP contribution in [-0.2, 0) is 25.5 Å². The summed E-state index contributed by atoms with van der Waals surface area (Å²) in [5.41, 5.74) is 2.17. The second-order valence-corrected chi connectivity index (χ2v) is 9.39. The molecule has 1 heterocycles. The Morgan fingerprint density at radius 1 is 1.03 bits per heavy atom. The summed E-state index contributed by atoms with van der Waals surface area (Å²) < 4.78 is 52.8. The van der Waals surface area contributed by atoms with E-state index in [1.807, 2.05) is 29.0 Å². The van der Waals surface area contributed by atoms with Crippen molar-refractivity contribution in [3.8, 4) is 11.8 Å². The number of sulfone groups is 1. The average molecular weight is 468 g/mol. The predicted octanol–water partition coefficient (Wildman–Crippen LogP) is 3.84. The van der Waals surface area contributed by atoms with E-state index in [0.29, 0.717) is 11.4 Å². The smallest absolute Gasteiger partial charge is 0.316 e. The molecule has 1 N–H and O–H groups in total. The van der Waals surface area contributed by atoms with Crippen LogP contribution in [0.5, 0.6) is 0 Å². The van der Waals surface area contributed by atoms with Crippen LogP contribution in [0.15, 0.2) is 88.8 Å². The molecule has 162 valence electrons. The standard InChI is InChI=1S/C22H17N3O5S2/c1-24(30-31(26)27)18-9-8-17-10-11-25(22(17)14-18)19-5-3-7-21(13-19)32(28,29)20-6-2-4-16(12-20)15-23/h2-14H,1H3,(H,26,27). The third kappa shape index (κ3) is 4.15. The van der Waals surface area contributed by atoms with Gasteiger partial charge in [0.2, 0.25) is 9.84 Å². The average Bonchev–Trinajstić information content (AvgIpc) is 3.22. The molecule has 8 nitrogen and oxygen atoms in total. The zero-order chi connectivity index (χ0) is 22.9. The molecule has 4 rings (SSSR count). The second kappa shape index (κ2) is 8.57. The second-order valence-electron chi connectivity index (χ2n) is 6.86. The van der Waals surface area contributed by atoms with E-state index in [1.165, 1.54) is 36.4 Å². The summed E-state index contributed by atoms with van der Waals surface area (Å²) in [7, 11) is -2.32. The van der Waals surface area contributed by atoms with Crippen LogP contribution in [0, 0.1) is 11.3 Å². The number of nitriles is 1. The van der Waals surface area contributed by atoms with Crippen LogP contribution in [0.3, 0.4) is 0 Å². The van der Waals surface area contributed by atoms with Crippen molar-refractivity contribution in [2.75, 3.05) is 12.1 Å². The lowest BCUT2D eigenvalue weighted by Gasteiger charge is -2.16. The Bertz CT molecular complexity index is 1490. The molecule has 0 aliphatic rings. The fourth-order valence-electron chi connectivity index (χ4n) is 3.35. The number of fused-ring (bicyclic) bond motifs is 1. The van der Waals surface area contributed by atoms with Gasteiger partial charge in [-0.1, -0.05) is 18.2 Å². The van der Waals surface area contributed by atoms with E-state index in [-0.39, 0.29) is 15.4 Å². The van der Waals surface area contributed by atoms with Crippen LogP contribution in [0.4, 0.5) is 5.69 Å². The fraction of sp³-hybridized carbons (Fsp3) is 0.0455. The lowest BCUT2D eigenvalue weighted by Crippen LogP contribution is -2.18. The summed E-state index contributed by atoms with van der Waals surface area (Å²) >= 11 is -2.46. The molecule has 0 spiro atoms. The van der Waals surface area contributed by atoms with Crippen LogP contribution in [0.1, 0.15) is 5.56 Å². The molecule has 1 unspecified atom stereocenters. The number of hydroxylamine groups is 1. The third-order valence-electron chi connectivity index (χ3n) is 4.90. The Kier molecular flexibility index (Phi) is 5.82. The Labute approximate surface area is 187 Å². The van der Waals surface area contributed by atoms with Crippen molar-refractivity contribution in [1.29, 1.82) is 5.26 Å². The number of hydrogen-bond donors (Lipinski definition) is 1. The van der Waals surface area contributed by atoms with Gasteiger partial charge in [-0.25, -0.2) is 13.5 Å². The van der Waals surface area contributed by atoms with Crippen molar-refractivity contribution in [3.63, 3.8) is 0 Å². The van der Waals surface area contributed by atoms with Crippen LogP contribution in [0.25, 0.3) is 16.6 Å². The van der Waals surface area contributed by atoms with Crippen LogP contribution < -0.4 is 5.06 Å². The van der Waals surface area contributed by atoms with Crippen LogP contribution in [0.2, 0.25) is 0 Å². The maximum absolute atomic E-state index is 13.1. The van der Waals surface area contributed by atoms with Gasteiger partial charge in [0.15, 0.2) is 0 Å². The Morgan fingerprint density at radius 3 is 2.47 bits per heavy atom. The number of anilines is 1. The van der Waals surface area contributed by atoms with Crippen molar-refractivity contribution in [1.82, 2.24) is 4.57 Å². The van der Waals surface area contributed by atoms with E-state index < -0.39 is 21.2 Å². The molecule has 0 fully saturated rings. The van der Waals surface area contributed by atoms with Gasteiger partial charge in [-0.15, -0.1) is 4.28 Å². The van der Waals surface area contributed by atoms with Crippen LogP contribution in [-0.4, -0.2) is 28.8 Å². The molecule has 0 amide bonds. The molecule has 1 aromatic heterocycles. The highest BCUT2D eigenvalue weighted by Gasteiger charge is 2.19. The molecule has 0 bridgehead atoms. The Morgan fingerprint density at radius 2 is 1.75 bits per heavy atom. The molecule has 1 atom stereocenters. The first-order chi connectivity index (χ1) is 15.3. The quantitative estimate of drug-likeness (QED) is 0.339. The summed E-state index contributed by atoms with van der Waals surface area (Å²) in [6.07, 6.45) is 1.81. The van der Waals surface area contributed by atoms with Gasteiger partial charge in [0.05, 0.1) is 32.6 Å². The van der Waals surface area contributed by atoms with Gasteiger partial charge in [0, 0.05) is 24.3 Å². The van der Waals surface area contributed by atoms with Gasteiger partial charge < -0.3 is 4.57 Å². The Balaban J connectivity index is 1.78. The van der Waals surface area contributed by atoms with Gasteiger partial charge in [-0.3, -0.25) is 4.55 Å². The number of rotatable bonds is 6. The van der Waals surface area contributed by atoms with Gasteiger partial charge in [-0.05, 0) is 54.6 Å². The molecule has 10 heteroatoms. The molecule has 4 aromatic rings. The van der Waals surface area contributed by atoms with Crippen molar-refractivity contribution in [2.24, 2.45) is 0 Å². The summed E-state index contributed by atoms with van der Waals surface area (Å²) in [6.45, 7) is 0. The van der Waals surface area contributed by atoms with Crippen molar-refractivity contribution < 1.29 is 21.5 Å². The van der Waals surface area contributed by atoms with Gasteiger partial charge in [0.25, 0.3) is 0 Å². The largest absolute Gasteiger partial charge is 0.325 e. The number of nitrogens with zero attached hydrogens (tertiary/aromatic N) is 3. The highest BCUT2D eigenvalue weighted by Crippen LogP contribution is 2.28. The van der Waals surface area contributed by atoms with Crippen molar-refractivity contribution in [3.05, 3.63) is 84.6 Å². The minimum Gasteiger partial charge on any atom is -0.316 e. The summed E-state index contributed by atoms with van der Waals surface area (Å²) in [5, 5.41) is 11.2. The topological polar surface area (TPSA) is 113 Å². The van der Waals surface area contributed by atoms with Crippen LogP contribution >= 0.6 is 0 Å². The molecule has 0 aliphatic carbocycles. The highest BCUT2D eigenvalue weighted by atomic mass is 32.2. The molecule has 0 radical (unpaired) electrons. The number of hydrogen-bond acceptors (Lipinski definition) is 6. The van der Waals surface area contributed by atoms with E-state index in [0.717, 1.165) is 10.9 Å².